The molecule has 60 heavy (non-hydrogen) atoms. The molecule has 0 aliphatic carbocycles. The van der Waals surface area contributed by atoms with Crippen molar-refractivity contribution in [2.75, 3.05) is 13.7 Å². The van der Waals surface area contributed by atoms with Crippen molar-refractivity contribution in [3.05, 3.63) is 130 Å². The Morgan fingerprint density at radius 1 is 0.750 bits per heavy atom. The van der Waals surface area contributed by atoms with Crippen LogP contribution in [-0.2, 0) is 42.9 Å². The minimum Gasteiger partial charge on any atom is -0.482 e. The van der Waals surface area contributed by atoms with E-state index in [-0.39, 0.29) is 11.6 Å². The van der Waals surface area contributed by atoms with Crippen LogP contribution >= 0.6 is 34.9 Å². The second-order valence-electron chi connectivity index (χ2n) is 12.9. The van der Waals surface area contributed by atoms with Gasteiger partial charge in [-0.15, -0.1) is 34.9 Å². The average molecular weight is 889 g/mol. The van der Waals surface area contributed by atoms with Crippen LogP contribution in [0.2, 0.25) is 0 Å². The number of hydrogen-bond donors (Lipinski definition) is 0. The second kappa shape index (κ2) is 18.9. The zero-order chi connectivity index (χ0) is 43.2. The first-order valence-electron chi connectivity index (χ1n) is 17.8. The molecule has 0 aliphatic heterocycles. The molecule has 0 amide bonds. The Bertz CT molecular complexity index is 2430. The van der Waals surface area contributed by atoms with Gasteiger partial charge in [-0.05, 0) is 105 Å². The van der Waals surface area contributed by atoms with Crippen LogP contribution in [0, 0.1) is 20.8 Å². The molecule has 0 bridgehead atoms. The quantitative estimate of drug-likeness (QED) is 0.0425. The summed E-state index contributed by atoms with van der Waals surface area (Å²) in [6.07, 6.45) is -10.6. The van der Waals surface area contributed by atoms with Gasteiger partial charge in [0.25, 0.3) is 0 Å². The molecule has 9 nitrogen and oxygen atoms in total. The predicted octanol–water partition coefficient (Wildman–Crippen LogP) is 11.5. The average Bonchev–Trinajstić information content (AvgIpc) is 3.79. The standard InChI is InChI=1S/C42H34F6N2O7S3/c1-23-19-32(58-21-34-24(2)49-37(55-34)26-5-9-28(10-6-26)41(43,44)45)17-18-33(23)56-40(39(52)53-4)57-36(51)20-54-30-13-15-31(16-14-30)59-22-35-25(3)50-38(60-35)27-7-11-29(12-8-27)42(46,47)48/h5-19,40H,20-22H2,1-4H3. The lowest BCUT2D eigenvalue weighted by Gasteiger charge is -2.19. The summed E-state index contributed by atoms with van der Waals surface area (Å²) in [6.45, 7) is 4.80. The molecule has 0 fully saturated rings. The van der Waals surface area contributed by atoms with Crippen LogP contribution < -0.4 is 9.47 Å². The molecule has 6 rings (SSSR count). The van der Waals surface area contributed by atoms with Gasteiger partial charge in [0, 0.05) is 31.5 Å². The van der Waals surface area contributed by atoms with Gasteiger partial charge in [0.05, 0.1) is 35.4 Å². The number of nitrogens with zero attached hydrogens (tertiary/aromatic N) is 2. The lowest BCUT2D eigenvalue weighted by molar-refractivity contribution is -0.186. The number of aromatic nitrogens is 2. The van der Waals surface area contributed by atoms with Crippen LogP contribution in [0.15, 0.2) is 105 Å². The van der Waals surface area contributed by atoms with Crippen molar-refractivity contribution in [1.29, 1.82) is 0 Å². The van der Waals surface area contributed by atoms with E-state index in [1.54, 1.807) is 56.3 Å². The molecular weight excluding hydrogens is 855 g/mol. The summed E-state index contributed by atoms with van der Waals surface area (Å²) in [5, 5.41) is 0.631. The minimum absolute atomic E-state index is 0.206. The van der Waals surface area contributed by atoms with E-state index in [0.717, 1.165) is 51.7 Å². The molecule has 1 unspecified atom stereocenters. The third-order valence-corrected chi connectivity index (χ3v) is 12.1. The van der Waals surface area contributed by atoms with Crippen molar-refractivity contribution < 1.29 is 59.3 Å². The molecular formula is C42H34F6N2O7S3. The molecule has 2 aromatic heterocycles. The Balaban J connectivity index is 0.978. The van der Waals surface area contributed by atoms with Gasteiger partial charge in [0.2, 0.25) is 5.89 Å². The number of carbonyl (C=O) groups is 2. The number of methoxy groups -OCH3 is 1. The zero-order valence-corrected chi connectivity index (χ0v) is 34.6. The Hall–Kier alpha value is -5.46. The van der Waals surface area contributed by atoms with Gasteiger partial charge < -0.3 is 23.4 Å². The molecule has 18 heteroatoms. The third-order valence-electron chi connectivity index (χ3n) is 8.64. The highest BCUT2D eigenvalue weighted by atomic mass is 32.2. The van der Waals surface area contributed by atoms with Gasteiger partial charge in [-0.2, -0.15) is 26.3 Å². The summed E-state index contributed by atoms with van der Waals surface area (Å²) in [5.74, 6) is 0.471. The maximum absolute atomic E-state index is 13.0. The van der Waals surface area contributed by atoms with Crippen molar-refractivity contribution in [2.45, 2.75) is 60.7 Å². The van der Waals surface area contributed by atoms with Crippen LogP contribution in [0.3, 0.4) is 0 Å². The van der Waals surface area contributed by atoms with Crippen LogP contribution in [0.25, 0.3) is 22.0 Å². The first kappa shape index (κ1) is 44.1. The van der Waals surface area contributed by atoms with Crippen LogP contribution in [-0.4, -0.2) is 41.9 Å². The highest BCUT2D eigenvalue weighted by Crippen LogP contribution is 2.37. The molecule has 0 saturated carbocycles. The van der Waals surface area contributed by atoms with E-state index in [9.17, 15) is 35.9 Å². The normalized spacial score (nSPS) is 12.2. The fourth-order valence-corrected chi connectivity index (χ4v) is 8.48. The number of thioether (sulfide) groups is 2. The second-order valence-corrected chi connectivity index (χ2v) is 16.1. The molecule has 0 aliphatic rings. The summed E-state index contributed by atoms with van der Waals surface area (Å²) in [4.78, 5) is 36.8. The van der Waals surface area contributed by atoms with Gasteiger partial charge in [-0.3, -0.25) is 0 Å². The fourth-order valence-electron chi connectivity index (χ4n) is 5.38. The van der Waals surface area contributed by atoms with Crippen molar-refractivity contribution in [2.24, 2.45) is 0 Å². The van der Waals surface area contributed by atoms with E-state index >= 15 is 0 Å². The maximum atomic E-state index is 13.0. The SMILES string of the molecule is COC(=O)C(OC(=O)COc1ccc(SCc2sc(-c3ccc(C(F)(F)F)cc3)nc2C)cc1)Oc1ccc(SCc2oc(-c3ccc(C(F)(F)F)cc3)nc2C)cc1C. The number of oxazole rings is 1. The number of rotatable bonds is 15. The van der Waals surface area contributed by atoms with Gasteiger partial charge in [0.15, 0.2) is 6.61 Å². The highest BCUT2D eigenvalue weighted by Gasteiger charge is 2.31. The lowest BCUT2D eigenvalue weighted by Crippen LogP contribution is -2.35. The van der Waals surface area contributed by atoms with Crippen molar-refractivity contribution in [3.63, 3.8) is 0 Å². The van der Waals surface area contributed by atoms with Crippen molar-refractivity contribution >= 4 is 46.8 Å². The number of aryl methyl sites for hydroxylation is 3. The van der Waals surface area contributed by atoms with Gasteiger partial charge in [-0.1, -0.05) is 12.1 Å². The molecule has 0 N–H and O–H groups in total. The summed E-state index contributed by atoms with van der Waals surface area (Å²) in [7, 11) is 1.12. The number of esters is 2. The number of thiazole rings is 1. The van der Waals surface area contributed by atoms with Crippen LogP contribution in [0.4, 0.5) is 26.3 Å². The zero-order valence-electron chi connectivity index (χ0n) is 32.1. The summed E-state index contributed by atoms with van der Waals surface area (Å²) < 4.78 is 105. The van der Waals surface area contributed by atoms with Crippen molar-refractivity contribution in [1.82, 2.24) is 9.97 Å². The molecule has 2 heterocycles. The smallest absolute Gasteiger partial charge is 0.416 e. The largest absolute Gasteiger partial charge is 0.482 e. The van der Waals surface area contributed by atoms with Gasteiger partial charge in [-0.25, -0.2) is 19.6 Å². The Kier molecular flexibility index (Phi) is 13.9. The first-order valence-corrected chi connectivity index (χ1v) is 20.6. The first-order chi connectivity index (χ1) is 28.5. The van der Waals surface area contributed by atoms with Gasteiger partial charge in [0.1, 0.15) is 22.3 Å². The molecule has 6 aromatic rings. The molecule has 1 atom stereocenters. The van der Waals surface area contributed by atoms with Gasteiger partial charge >= 0.3 is 30.6 Å². The number of carbonyl (C=O) groups excluding carboxylic acids is 2. The van der Waals surface area contributed by atoms with Crippen molar-refractivity contribution in [3.8, 4) is 33.5 Å². The van der Waals surface area contributed by atoms with E-state index in [2.05, 4.69) is 9.97 Å². The molecule has 0 saturated heterocycles. The monoisotopic (exact) mass is 888 g/mol. The Labute approximate surface area is 352 Å². The number of halogens is 6. The topological polar surface area (TPSA) is 110 Å². The summed E-state index contributed by atoms with van der Waals surface area (Å²) in [5.41, 5.74) is 1.53. The number of benzene rings is 4. The van der Waals surface area contributed by atoms with E-state index in [1.807, 2.05) is 6.92 Å². The van der Waals surface area contributed by atoms with E-state index < -0.39 is 48.3 Å². The number of alkyl halides is 6. The predicted molar refractivity (Wildman–Crippen MR) is 214 cm³/mol. The molecule has 0 radical (unpaired) electrons. The van der Waals surface area contributed by atoms with E-state index in [0.29, 0.717) is 50.4 Å². The fraction of sp³-hybridized carbons (Fsp3) is 0.238. The van der Waals surface area contributed by atoms with E-state index in [1.165, 1.54) is 59.1 Å². The van der Waals surface area contributed by atoms with Crippen LogP contribution in [0.1, 0.15) is 38.7 Å². The molecule has 314 valence electrons. The Morgan fingerprint density at radius 3 is 1.95 bits per heavy atom. The van der Waals surface area contributed by atoms with E-state index in [4.69, 9.17) is 23.4 Å². The van der Waals surface area contributed by atoms with Crippen LogP contribution in [0.5, 0.6) is 11.5 Å². The number of hydrogen-bond acceptors (Lipinski definition) is 12. The highest BCUT2D eigenvalue weighted by molar-refractivity contribution is 7.98. The lowest BCUT2D eigenvalue weighted by atomic mass is 10.1. The minimum atomic E-state index is -4.45. The Morgan fingerprint density at radius 2 is 1.35 bits per heavy atom. The molecule has 0 spiro atoms. The summed E-state index contributed by atoms with van der Waals surface area (Å²) in [6, 6.07) is 21.5. The molecule has 4 aromatic carbocycles. The third kappa shape index (κ3) is 11.4. The number of ether oxygens (including phenoxy) is 4. The maximum Gasteiger partial charge on any atom is 0.416 e. The summed E-state index contributed by atoms with van der Waals surface area (Å²) >= 11 is 4.35.